The van der Waals surface area contributed by atoms with Gasteiger partial charge in [-0.05, 0) is 69.1 Å². The normalized spacial score (nSPS) is 43.6. The number of carbonyl (C=O) groups is 3. The molecule has 3 aliphatic carbocycles. The number of fused-ring (bicyclic) bond motifs is 4. The number of benzene rings is 1. The predicted octanol–water partition coefficient (Wildman–Crippen LogP) is 5.59. The second-order valence-corrected chi connectivity index (χ2v) is 17.0. The zero-order valence-corrected chi connectivity index (χ0v) is 31.9. The van der Waals surface area contributed by atoms with E-state index in [1.807, 2.05) is 86.9 Å². The van der Waals surface area contributed by atoms with E-state index in [9.17, 15) is 15.0 Å². The third kappa shape index (κ3) is 5.68. The van der Waals surface area contributed by atoms with E-state index >= 15 is 9.59 Å². The molecule has 0 bridgehead atoms. The highest BCUT2D eigenvalue weighted by molar-refractivity contribution is 6.11. The van der Waals surface area contributed by atoms with Crippen LogP contribution in [-0.4, -0.2) is 75.3 Å². The lowest BCUT2D eigenvalue weighted by atomic mass is 9.49. The van der Waals surface area contributed by atoms with Gasteiger partial charge in [0.1, 0.15) is 11.5 Å². The van der Waals surface area contributed by atoms with Crippen molar-refractivity contribution in [3.63, 3.8) is 0 Å². The van der Waals surface area contributed by atoms with Crippen LogP contribution >= 0.6 is 0 Å². The van der Waals surface area contributed by atoms with E-state index in [0.29, 0.717) is 18.4 Å². The number of nitrogens with one attached hydrogen (secondary N) is 2. The minimum absolute atomic E-state index is 0.0181. The highest BCUT2D eigenvalue weighted by Crippen LogP contribution is 2.67. The van der Waals surface area contributed by atoms with Gasteiger partial charge >= 0.3 is 0 Å². The monoisotopic (exact) mass is 734 g/mol. The number of ether oxygens (including phenoxy) is 2. The fourth-order valence-corrected chi connectivity index (χ4v) is 11.1. The van der Waals surface area contributed by atoms with Crippen LogP contribution in [0.1, 0.15) is 53.0 Å². The number of epoxide rings is 1. The van der Waals surface area contributed by atoms with Crippen LogP contribution in [0.4, 0.5) is 0 Å². The molecule has 4 heterocycles. The van der Waals surface area contributed by atoms with Crippen molar-refractivity contribution in [2.75, 3.05) is 6.61 Å². The first-order chi connectivity index (χ1) is 25.9. The number of H-pyrrole nitrogens is 1. The minimum Gasteiger partial charge on any atom is -0.390 e. The number of para-hydroxylation sites is 1. The number of aliphatic hydroxyl groups excluding tert-OH is 2. The summed E-state index contributed by atoms with van der Waals surface area (Å²) >= 11 is 0. The van der Waals surface area contributed by atoms with Crippen molar-refractivity contribution >= 4 is 28.4 Å². The number of hydrogen-bond acceptors (Lipinski definition) is 7. The molecule has 2 aromatic rings. The molecule has 15 unspecified atom stereocenters. The van der Waals surface area contributed by atoms with Crippen molar-refractivity contribution < 1.29 is 34.1 Å². The number of hydrogen-bond donors (Lipinski definition) is 4. The Kier molecular flexibility index (Phi) is 9.61. The molecule has 1 aromatic heterocycles. The minimum atomic E-state index is -1.52. The van der Waals surface area contributed by atoms with Gasteiger partial charge in [-0.25, -0.2) is 0 Å². The van der Waals surface area contributed by atoms with Crippen LogP contribution in [0, 0.1) is 52.8 Å². The first-order valence-electron chi connectivity index (χ1n) is 19.8. The number of aromatic nitrogens is 1. The Morgan fingerprint density at radius 3 is 2.61 bits per heavy atom. The smallest absolute Gasteiger partial charge is 0.235 e. The summed E-state index contributed by atoms with van der Waals surface area (Å²) in [5.41, 5.74) is 0.545. The Labute approximate surface area is 317 Å². The van der Waals surface area contributed by atoms with Crippen molar-refractivity contribution in [1.82, 2.24) is 10.3 Å². The molecule has 8 rings (SSSR count). The van der Waals surface area contributed by atoms with Gasteiger partial charge in [0.15, 0.2) is 11.6 Å². The van der Waals surface area contributed by atoms with E-state index in [-0.39, 0.29) is 54.6 Å². The molecule has 3 aliphatic heterocycles. The number of carbonyl (C=O) groups excluding carboxylic acids is 3. The van der Waals surface area contributed by atoms with Crippen molar-refractivity contribution in [1.29, 1.82) is 0 Å². The zero-order chi connectivity index (χ0) is 38.1. The second-order valence-electron chi connectivity index (χ2n) is 17.0. The summed E-state index contributed by atoms with van der Waals surface area (Å²) < 4.78 is 12.9. The quantitative estimate of drug-likeness (QED) is 0.136. The van der Waals surface area contributed by atoms with Crippen molar-refractivity contribution in [3.8, 4) is 0 Å². The van der Waals surface area contributed by atoms with E-state index in [2.05, 4.69) is 36.3 Å². The maximum Gasteiger partial charge on any atom is 0.235 e. The topological polar surface area (TPSA) is 141 Å². The molecule has 4 N–H and O–H groups in total. The van der Waals surface area contributed by atoms with Gasteiger partial charge in [0, 0.05) is 58.6 Å². The lowest BCUT2D eigenvalue weighted by molar-refractivity contribution is -0.157. The van der Waals surface area contributed by atoms with E-state index in [1.54, 1.807) is 6.92 Å². The molecular weight excluding hydrogens is 681 g/mol. The van der Waals surface area contributed by atoms with Crippen LogP contribution < -0.4 is 5.32 Å². The summed E-state index contributed by atoms with van der Waals surface area (Å²) in [7, 11) is 0. The summed E-state index contributed by atoms with van der Waals surface area (Å²) in [4.78, 5) is 49.3. The average molecular weight is 735 g/mol. The van der Waals surface area contributed by atoms with Crippen molar-refractivity contribution in [2.24, 2.45) is 52.8 Å². The number of ketones is 2. The predicted molar refractivity (Wildman–Crippen MR) is 206 cm³/mol. The molecule has 1 aromatic carbocycles. The zero-order valence-electron chi connectivity index (χ0n) is 31.9. The average Bonchev–Trinajstić information content (AvgIpc) is 3.38. The second kappa shape index (κ2) is 14.0. The summed E-state index contributed by atoms with van der Waals surface area (Å²) in [5.74, 6) is -5.22. The van der Waals surface area contributed by atoms with E-state index in [1.165, 1.54) is 0 Å². The van der Waals surface area contributed by atoms with E-state index < -0.39 is 64.7 Å². The van der Waals surface area contributed by atoms with Gasteiger partial charge in [-0.3, -0.25) is 14.4 Å². The summed E-state index contributed by atoms with van der Waals surface area (Å²) in [6.07, 6.45) is 17.2. The van der Waals surface area contributed by atoms with Crippen molar-refractivity contribution in [2.45, 2.75) is 89.9 Å². The standard InChI is InChI=1S/C45H54N2O7/c1-6-7-8-14-27-23-53-40(38(27)49)30-16-12-17-31-35(30)39(50)37(48)25(3)20-24(2)13-11-18-32-42-44(5,54-42)26(4)36-34(47-43(52)45(32,36)41(31)51)21-28-22-46-33-19-10-9-15-29(28)33/h6-12,14-16,18-20,22,24,26-27,30-32,34-38,40,42,46,48-49H,13,17,21,23H2,1-5H3,(H,47,52). The van der Waals surface area contributed by atoms with Gasteiger partial charge in [0.25, 0.3) is 0 Å². The Morgan fingerprint density at radius 1 is 1.04 bits per heavy atom. The number of Topliss-reactive ketones (excluding diaryl/α,β-unsaturated/α-hetero) is 2. The molecule has 286 valence electrons. The molecule has 9 nitrogen and oxygen atoms in total. The number of allylic oxidation sites excluding steroid dienone is 6. The van der Waals surface area contributed by atoms with Gasteiger partial charge in [-0.2, -0.15) is 0 Å². The van der Waals surface area contributed by atoms with Crippen molar-refractivity contribution in [3.05, 3.63) is 96.3 Å². The fraction of sp³-hybridized carbons (Fsp3) is 0.533. The number of amides is 1. The maximum absolute atomic E-state index is 16.0. The molecule has 9 heteroatoms. The molecule has 15 atom stereocenters. The van der Waals surface area contributed by atoms with Crippen LogP contribution in [0.25, 0.3) is 10.9 Å². The van der Waals surface area contributed by atoms with Gasteiger partial charge < -0.3 is 30.0 Å². The van der Waals surface area contributed by atoms with Gasteiger partial charge in [0.05, 0.1) is 30.5 Å². The molecule has 1 amide bonds. The molecule has 54 heavy (non-hydrogen) atoms. The largest absolute Gasteiger partial charge is 0.390 e. The van der Waals surface area contributed by atoms with E-state index in [0.717, 1.165) is 16.5 Å². The van der Waals surface area contributed by atoms with Crippen LogP contribution in [0.15, 0.2) is 90.7 Å². The summed E-state index contributed by atoms with van der Waals surface area (Å²) in [6.45, 7) is 10.2. The molecule has 6 aliphatic rings. The lowest BCUT2D eigenvalue weighted by Gasteiger charge is -2.49. The fourth-order valence-electron chi connectivity index (χ4n) is 11.1. The third-order valence-corrected chi connectivity index (χ3v) is 14.0. The molecular formula is C45H54N2O7. The van der Waals surface area contributed by atoms with Gasteiger partial charge in [-0.1, -0.05) is 86.7 Å². The SMILES string of the molecule is CC=CC=CC1COC(C2C=CCC3C(=O)C45C(=O)NC(Cc6c[nH]c7ccccc67)C4C(C)C4(C)OC4C5C=CCC(C)C=C(C)C(O)C(=O)C32)C1O. The van der Waals surface area contributed by atoms with Crippen LogP contribution in [0.3, 0.4) is 0 Å². The van der Waals surface area contributed by atoms with Crippen LogP contribution in [-0.2, 0) is 30.3 Å². The summed E-state index contributed by atoms with van der Waals surface area (Å²) in [6, 6.07) is 7.72. The Bertz CT molecular complexity index is 1970. The summed E-state index contributed by atoms with van der Waals surface area (Å²) in [5, 5.41) is 27.8. The highest BCUT2D eigenvalue weighted by atomic mass is 16.6. The Balaban J connectivity index is 1.26. The highest BCUT2D eigenvalue weighted by Gasteiger charge is 2.79. The first-order valence-corrected chi connectivity index (χ1v) is 19.8. The number of aliphatic hydroxyl groups is 2. The van der Waals surface area contributed by atoms with Crippen LogP contribution in [0.2, 0.25) is 0 Å². The molecule has 4 fully saturated rings. The Morgan fingerprint density at radius 2 is 1.81 bits per heavy atom. The van der Waals surface area contributed by atoms with E-state index in [4.69, 9.17) is 9.47 Å². The Hall–Kier alpha value is -3.89. The van der Waals surface area contributed by atoms with Crippen LogP contribution in [0.5, 0.6) is 0 Å². The number of aromatic amines is 1. The third-order valence-electron chi connectivity index (χ3n) is 14.0. The van der Waals surface area contributed by atoms with Gasteiger partial charge in [0.2, 0.25) is 5.91 Å². The first kappa shape index (κ1) is 37.1. The molecule has 1 saturated carbocycles. The van der Waals surface area contributed by atoms with Gasteiger partial charge in [-0.15, -0.1) is 0 Å². The maximum atomic E-state index is 16.0. The molecule has 0 radical (unpaired) electrons. The lowest BCUT2D eigenvalue weighted by Crippen LogP contribution is -2.61. The number of rotatable bonds is 5. The molecule has 3 saturated heterocycles. The molecule has 1 spiro atoms.